The average Bonchev–Trinajstić information content (AvgIpc) is 3.16. The summed E-state index contributed by atoms with van der Waals surface area (Å²) in [6.45, 7) is 4.67. The topological polar surface area (TPSA) is 64.4 Å². The largest absolute Gasteiger partial charge is 0.454 e. The van der Waals surface area contributed by atoms with Gasteiger partial charge < -0.3 is 4.74 Å². The van der Waals surface area contributed by atoms with Gasteiger partial charge in [-0.25, -0.2) is 13.7 Å². The van der Waals surface area contributed by atoms with E-state index >= 15 is 0 Å². The Kier molecular flexibility index (Phi) is 4.77. The zero-order valence-corrected chi connectivity index (χ0v) is 16.0. The van der Waals surface area contributed by atoms with Gasteiger partial charge in [-0.1, -0.05) is 13.8 Å². The number of aromatic nitrogens is 2. The van der Waals surface area contributed by atoms with Gasteiger partial charge in [0.2, 0.25) is 11.8 Å². The summed E-state index contributed by atoms with van der Waals surface area (Å²) >= 11 is 0. The van der Waals surface area contributed by atoms with Crippen LogP contribution in [-0.2, 0) is 16.1 Å². The lowest BCUT2D eigenvalue weighted by Crippen LogP contribution is -2.29. The molecule has 2 aromatic carbocycles. The molecule has 6 nitrogen and oxygen atoms in total. The van der Waals surface area contributed by atoms with Crippen molar-refractivity contribution in [2.45, 2.75) is 33.2 Å². The number of fused-ring (bicyclic) bond motifs is 1. The van der Waals surface area contributed by atoms with E-state index < -0.39 is 11.6 Å². The number of hydrogen-bond donors (Lipinski definition) is 0. The number of ether oxygens (including phenoxy) is 1. The highest BCUT2D eigenvalue weighted by Gasteiger charge is 2.34. The Bertz CT molecular complexity index is 1110. The van der Waals surface area contributed by atoms with Crippen LogP contribution in [0.4, 0.5) is 14.6 Å². The Morgan fingerprint density at radius 2 is 1.79 bits per heavy atom. The molecule has 1 aromatic heterocycles. The second-order valence-corrected chi connectivity index (χ2v) is 7.38. The summed E-state index contributed by atoms with van der Waals surface area (Å²) in [5, 5.41) is 5.06. The van der Waals surface area contributed by atoms with Crippen molar-refractivity contribution in [1.82, 2.24) is 9.78 Å². The second-order valence-electron chi connectivity index (χ2n) is 7.38. The Balaban J connectivity index is 1.80. The molecule has 29 heavy (non-hydrogen) atoms. The van der Waals surface area contributed by atoms with E-state index in [9.17, 15) is 18.4 Å². The third-order valence-electron chi connectivity index (χ3n) is 4.63. The Hall–Kier alpha value is -3.29. The molecule has 0 N–H and O–H groups in total. The number of carbonyl (C=O) groups is 2. The number of hydrogen-bond acceptors (Lipinski definition) is 4. The first-order valence-electron chi connectivity index (χ1n) is 9.32. The molecule has 0 bridgehead atoms. The smallest absolute Gasteiger partial charge is 0.235 e. The molecule has 4 rings (SSSR count). The lowest BCUT2D eigenvalue weighted by atomic mass is 10.2. The van der Waals surface area contributed by atoms with Gasteiger partial charge in [0.25, 0.3) is 0 Å². The molecule has 3 aromatic rings. The van der Waals surface area contributed by atoms with E-state index in [1.165, 1.54) is 6.07 Å². The molecule has 1 fully saturated rings. The third kappa shape index (κ3) is 3.57. The fourth-order valence-electron chi connectivity index (χ4n) is 3.35. The number of anilines is 1. The molecule has 8 heteroatoms. The lowest BCUT2D eigenvalue weighted by molar-refractivity contribution is -0.121. The Morgan fingerprint density at radius 1 is 1.07 bits per heavy atom. The first kappa shape index (κ1) is 19.0. The number of imide groups is 1. The summed E-state index contributed by atoms with van der Waals surface area (Å²) in [6.07, 6.45) is 0.294. The maximum absolute atomic E-state index is 13.9. The minimum absolute atomic E-state index is 0.129. The first-order chi connectivity index (χ1) is 13.8. The molecular formula is C21H19F2N3O3. The van der Waals surface area contributed by atoms with Crippen LogP contribution in [0.1, 0.15) is 26.7 Å². The predicted octanol–water partition coefficient (Wildman–Crippen LogP) is 4.42. The van der Waals surface area contributed by atoms with E-state index in [-0.39, 0.29) is 42.0 Å². The highest BCUT2D eigenvalue weighted by molar-refractivity contribution is 6.22. The Morgan fingerprint density at radius 3 is 2.45 bits per heavy atom. The van der Waals surface area contributed by atoms with Crippen LogP contribution in [0.3, 0.4) is 0 Å². The van der Waals surface area contributed by atoms with Crippen LogP contribution in [0.15, 0.2) is 36.4 Å². The van der Waals surface area contributed by atoms with E-state index in [2.05, 4.69) is 5.10 Å². The zero-order valence-electron chi connectivity index (χ0n) is 16.0. The van der Waals surface area contributed by atoms with Gasteiger partial charge in [-0.3, -0.25) is 14.3 Å². The van der Waals surface area contributed by atoms with Gasteiger partial charge in [0.15, 0.2) is 17.4 Å². The summed E-state index contributed by atoms with van der Waals surface area (Å²) in [6, 6.07) is 8.03. The van der Waals surface area contributed by atoms with Crippen molar-refractivity contribution in [2.75, 3.05) is 4.90 Å². The standard InChI is InChI=1S/C21H19F2N3O3/c1-12(2)11-25-17-5-4-14(29-18-6-3-13(22)9-16(18)23)10-15(17)21(24-25)26-19(27)7-8-20(26)28/h3-6,9-10,12H,7-8,11H2,1-2H3. The van der Waals surface area contributed by atoms with Gasteiger partial charge in [0.1, 0.15) is 11.6 Å². The molecule has 0 atom stereocenters. The molecule has 0 saturated carbocycles. The van der Waals surface area contributed by atoms with E-state index in [4.69, 9.17) is 4.74 Å². The molecule has 0 unspecified atom stereocenters. The number of nitrogens with zero attached hydrogens (tertiary/aromatic N) is 3. The van der Waals surface area contributed by atoms with Crippen molar-refractivity contribution in [3.05, 3.63) is 48.0 Å². The zero-order chi connectivity index (χ0) is 20.7. The SMILES string of the molecule is CC(C)Cn1nc(N2C(=O)CCC2=O)c2cc(Oc3ccc(F)cc3F)ccc21. The van der Waals surface area contributed by atoms with Crippen molar-refractivity contribution in [2.24, 2.45) is 5.92 Å². The molecule has 1 saturated heterocycles. The highest BCUT2D eigenvalue weighted by Crippen LogP contribution is 2.34. The normalized spacial score (nSPS) is 14.4. The van der Waals surface area contributed by atoms with Gasteiger partial charge in [-0.2, -0.15) is 5.10 Å². The molecule has 2 amide bonds. The molecule has 0 aliphatic carbocycles. The van der Waals surface area contributed by atoms with E-state index in [1.54, 1.807) is 22.9 Å². The molecule has 2 heterocycles. The molecule has 0 spiro atoms. The van der Waals surface area contributed by atoms with Crippen LogP contribution >= 0.6 is 0 Å². The summed E-state index contributed by atoms with van der Waals surface area (Å²) in [4.78, 5) is 25.6. The maximum atomic E-state index is 13.9. The van der Waals surface area contributed by atoms with Crippen LogP contribution in [0.2, 0.25) is 0 Å². The minimum Gasteiger partial charge on any atom is -0.454 e. The molecule has 1 aliphatic rings. The van der Waals surface area contributed by atoms with Gasteiger partial charge >= 0.3 is 0 Å². The number of halogens is 2. The maximum Gasteiger partial charge on any atom is 0.235 e. The van der Waals surface area contributed by atoms with Crippen LogP contribution in [0, 0.1) is 17.6 Å². The van der Waals surface area contributed by atoms with Crippen molar-refractivity contribution >= 4 is 28.5 Å². The fraction of sp³-hybridized carbons (Fsp3) is 0.286. The average molecular weight is 399 g/mol. The van der Waals surface area contributed by atoms with Crippen molar-refractivity contribution < 1.29 is 23.1 Å². The van der Waals surface area contributed by atoms with Crippen LogP contribution in [0.5, 0.6) is 11.5 Å². The van der Waals surface area contributed by atoms with Gasteiger partial charge in [-0.05, 0) is 36.2 Å². The predicted molar refractivity (Wildman–Crippen MR) is 103 cm³/mol. The quantitative estimate of drug-likeness (QED) is 0.596. The van der Waals surface area contributed by atoms with Crippen molar-refractivity contribution in [1.29, 1.82) is 0 Å². The Labute approximate surface area is 165 Å². The van der Waals surface area contributed by atoms with E-state index in [1.807, 2.05) is 13.8 Å². The molecule has 150 valence electrons. The van der Waals surface area contributed by atoms with Gasteiger partial charge in [0, 0.05) is 30.8 Å². The van der Waals surface area contributed by atoms with E-state index in [0.717, 1.165) is 22.5 Å². The highest BCUT2D eigenvalue weighted by atomic mass is 19.1. The number of rotatable bonds is 5. The van der Waals surface area contributed by atoms with Crippen LogP contribution in [0.25, 0.3) is 10.9 Å². The monoisotopic (exact) mass is 399 g/mol. The summed E-state index contributed by atoms with van der Waals surface area (Å²) in [5.74, 6) is -1.44. The minimum atomic E-state index is -0.828. The summed E-state index contributed by atoms with van der Waals surface area (Å²) < 4.78 is 34.4. The summed E-state index contributed by atoms with van der Waals surface area (Å²) in [5.41, 5.74) is 0.730. The second kappa shape index (κ2) is 7.27. The molecular weight excluding hydrogens is 380 g/mol. The number of carbonyl (C=O) groups excluding carboxylic acids is 2. The first-order valence-corrected chi connectivity index (χ1v) is 9.32. The fourth-order valence-corrected chi connectivity index (χ4v) is 3.35. The molecule has 1 aliphatic heterocycles. The molecule has 0 radical (unpaired) electrons. The number of benzene rings is 2. The van der Waals surface area contributed by atoms with Crippen molar-refractivity contribution in [3.8, 4) is 11.5 Å². The third-order valence-corrected chi connectivity index (χ3v) is 4.63. The van der Waals surface area contributed by atoms with Crippen LogP contribution in [-0.4, -0.2) is 21.6 Å². The lowest BCUT2D eigenvalue weighted by Gasteiger charge is -2.11. The summed E-state index contributed by atoms with van der Waals surface area (Å²) in [7, 11) is 0. The van der Waals surface area contributed by atoms with E-state index in [0.29, 0.717) is 17.8 Å². The number of amides is 2. The van der Waals surface area contributed by atoms with Crippen molar-refractivity contribution in [3.63, 3.8) is 0 Å². The van der Waals surface area contributed by atoms with Gasteiger partial charge in [0.05, 0.1) is 5.52 Å². The van der Waals surface area contributed by atoms with Crippen LogP contribution < -0.4 is 9.64 Å². The van der Waals surface area contributed by atoms with Gasteiger partial charge in [-0.15, -0.1) is 0 Å².